The summed E-state index contributed by atoms with van der Waals surface area (Å²) in [6.45, 7) is 13.6. The number of nitro groups is 1. The van der Waals surface area contributed by atoms with Crippen molar-refractivity contribution in [3.63, 3.8) is 0 Å². The van der Waals surface area contributed by atoms with Crippen LogP contribution >= 0.6 is 0 Å². The molecule has 0 N–H and O–H groups in total. The summed E-state index contributed by atoms with van der Waals surface area (Å²) in [7, 11) is 0. The van der Waals surface area contributed by atoms with Crippen molar-refractivity contribution in [3.05, 3.63) is 33.9 Å². The molecule has 0 bridgehead atoms. The van der Waals surface area contributed by atoms with Gasteiger partial charge in [-0.1, -0.05) is 79.7 Å². The predicted molar refractivity (Wildman–Crippen MR) is 109 cm³/mol. The lowest BCUT2D eigenvalue weighted by Gasteiger charge is -2.33. The van der Waals surface area contributed by atoms with Crippen LogP contribution in [0.1, 0.15) is 92.1 Å². The zero-order chi connectivity index (χ0) is 19.8. The van der Waals surface area contributed by atoms with E-state index in [1.807, 2.05) is 6.07 Å². The Bertz CT molecular complexity index is 573. The van der Waals surface area contributed by atoms with Gasteiger partial charge in [0.15, 0.2) is 5.75 Å². The number of nitro benzene ring substituents is 1. The highest BCUT2D eigenvalue weighted by Gasteiger charge is 2.29. The number of hydrogen-bond donors (Lipinski definition) is 0. The molecule has 148 valence electrons. The minimum absolute atomic E-state index is 0.0791. The molecule has 1 rings (SSSR count). The van der Waals surface area contributed by atoms with Gasteiger partial charge in [-0.05, 0) is 35.3 Å². The van der Waals surface area contributed by atoms with E-state index in [9.17, 15) is 10.1 Å². The number of hydrogen-bond acceptors (Lipinski definition) is 3. The first-order valence-corrected chi connectivity index (χ1v) is 9.98. The molecule has 0 radical (unpaired) electrons. The van der Waals surface area contributed by atoms with Gasteiger partial charge in [0.1, 0.15) is 0 Å². The third-order valence-corrected chi connectivity index (χ3v) is 4.66. The summed E-state index contributed by atoms with van der Waals surface area (Å²) in [5.41, 5.74) is 1.10. The molecule has 0 heterocycles. The van der Waals surface area contributed by atoms with Crippen molar-refractivity contribution in [2.24, 2.45) is 5.41 Å². The molecule has 0 aromatic heterocycles. The minimum Gasteiger partial charge on any atom is -0.487 e. The second-order valence-corrected chi connectivity index (χ2v) is 9.18. The van der Waals surface area contributed by atoms with Gasteiger partial charge in [0, 0.05) is 6.07 Å². The third kappa shape index (κ3) is 7.76. The summed E-state index contributed by atoms with van der Waals surface area (Å²) in [5, 5.41) is 11.5. The second-order valence-electron chi connectivity index (χ2n) is 9.18. The SMILES string of the molecule is CCCCCCCCOc1ccc(C(C)(C)CC(C)(C)C)cc1[N+](=O)[O-]. The molecule has 0 saturated carbocycles. The zero-order valence-electron chi connectivity index (χ0n) is 17.6. The second kappa shape index (κ2) is 9.94. The Morgan fingerprint density at radius 3 is 2.19 bits per heavy atom. The van der Waals surface area contributed by atoms with E-state index in [4.69, 9.17) is 4.74 Å². The van der Waals surface area contributed by atoms with Crippen molar-refractivity contribution in [2.45, 2.75) is 91.9 Å². The summed E-state index contributed by atoms with van der Waals surface area (Å²) in [6.07, 6.45) is 7.99. The monoisotopic (exact) mass is 363 g/mol. The van der Waals surface area contributed by atoms with Crippen LogP contribution in [0, 0.1) is 15.5 Å². The Hall–Kier alpha value is -1.58. The summed E-state index contributed by atoms with van der Waals surface area (Å²) < 4.78 is 5.73. The number of rotatable bonds is 11. The topological polar surface area (TPSA) is 52.4 Å². The molecule has 0 aliphatic rings. The number of benzene rings is 1. The number of ether oxygens (including phenoxy) is 1. The Morgan fingerprint density at radius 2 is 1.62 bits per heavy atom. The lowest BCUT2D eigenvalue weighted by molar-refractivity contribution is -0.386. The Morgan fingerprint density at radius 1 is 1.00 bits per heavy atom. The van der Waals surface area contributed by atoms with Crippen LogP contribution < -0.4 is 4.74 Å². The minimum atomic E-state index is -0.326. The molecule has 1 aromatic carbocycles. The molecule has 0 amide bonds. The highest BCUT2D eigenvalue weighted by Crippen LogP contribution is 2.39. The predicted octanol–water partition coefficient (Wildman–Crippen LogP) is 7.05. The largest absolute Gasteiger partial charge is 0.487 e. The summed E-state index contributed by atoms with van der Waals surface area (Å²) >= 11 is 0. The van der Waals surface area contributed by atoms with E-state index in [-0.39, 0.29) is 21.4 Å². The maximum atomic E-state index is 11.5. The van der Waals surface area contributed by atoms with E-state index >= 15 is 0 Å². The van der Waals surface area contributed by atoms with Crippen LogP contribution in [0.3, 0.4) is 0 Å². The molecule has 0 fully saturated rings. The van der Waals surface area contributed by atoms with Gasteiger partial charge in [-0.3, -0.25) is 10.1 Å². The maximum absolute atomic E-state index is 11.5. The average molecular weight is 364 g/mol. The third-order valence-electron chi connectivity index (χ3n) is 4.66. The number of nitrogens with zero attached hydrogens (tertiary/aromatic N) is 1. The van der Waals surface area contributed by atoms with Gasteiger partial charge < -0.3 is 4.74 Å². The van der Waals surface area contributed by atoms with Crippen LogP contribution in [-0.4, -0.2) is 11.5 Å². The van der Waals surface area contributed by atoms with Crippen molar-refractivity contribution in [1.82, 2.24) is 0 Å². The van der Waals surface area contributed by atoms with Gasteiger partial charge in [0.05, 0.1) is 11.5 Å². The summed E-state index contributed by atoms with van der Waals surface area (Å²) in [5.74, 6) is 0.388. The highest BCUT2D eigenvalue weighted by atomic mass is 16.6. The van der Waals surface area contributed by atoms with E-state index in [0.29, 0.717) is 12.4 Å². The first-order valence-electron chi connectivity index (χ1n) is 9.98. The van der Waals surface area contributed by atoms with Gasteiger partial charge >= 0.3 is 5.69 Å². The van der Waals surface area contributed by atoms with Crippen molar-refractivity contribution in [3.8, 4) is 5.75 Å². The van der Waals surface area contributed by atoms with Crippen LogP contribution in [0.5, 0.6) is 5.75 Å². The lowest BCUT2D eigenvalue weighted by Crippen LogP contribution is -2.24. The van der Waals surface area contributed by atoms with E-state index in [2.05, 4.69) is 41.5 Å². The van der Waals surface area contributed by atoms with Crippen LogP contribution in [0.2, 0.25) is 0 Å². The van der Waals surface area contributed by atoms with Crippen LogP contribution in [0.4, 0.5) is 5.69 Å². The van der Waals surface area contributed by atoms with Crippen LogP contribution in [-0.2, 0) is 5.41 Å². The molecule has 0 unspecified atom stereocenters. The first-order chi connectivity index (χ1) is 12.1. The van der Waals surface area contributed by atoms with E-state index < -0.39 is 0 Å². The normalized spacial score (nSPS) is 12.2. The summed E-state index contributed by atoms with van der Waals surface area (Å²) in [4.78, 5) is 11.2. The van der Waals surface area contributed by atoms with Crippen molar-refractivity contribution < 1.29 is 9.66 Å². The van der Waals surface area contributed by atoms with Crippen molar-refractivity contribution in [2.75, 3.05) is 6.61 Å². The van der Waals surface area contributed by atoms with E-state index in [1.165, 1.54) is 25.7 Å². The Kier molecular flexibility index (Phi) is 8.58. The van der Waals surface area contributed by atoms with Crippen molar-refractivity contribution in [1.29, 1.82) is 0 Å². The van der Waals surface area contributed by atoms with Gasteiger partial charge in [-0.25, -0.2) is 0 Å². The molecule has 0 spiro atoms. The van der Waals surface area contributed by atoms with Gasteiger partial charge in [0.25, 0.3) is 0 Å². The fourth-order valence-electron chi connectivity index (χ4n) is 3.70. The van der Waals surface area contributed by atoms with Crippen LogP contribution in [0.15, 0.2) is 18.2 Å². The van der Waals surface area contributed by atoms with Gasteiger partial charge in [-0.2, -0.15) is 0 Å². The molecule has 1 aromatic rings. The fraction of sp³-hybridized carbons (Fsp3) is 0.727. The molecular formula is C22H37NO3. The molecule has 26 heavy (non-hydrogen) atoms. The Labute approximate surface area is 159 Å². The molecule has 0 atom stereocenters. The molecule has 4 nitrogen and oxygen atoms in total. The molecule has 0 aliphatic carbocycles. The fourth-order valence-corrected chi connectivity index (χ4v) is 3.70. The average Bonchev–Trinajstić information content (AvgIpc) is 2.51. The summed E-state index contributed by atoms with van der Waals surface area (Å²) in [6, 6.07) is 5.45. The zero-order valence-corrected chi connectivity index (χ0v) is 17.6. The van der Waals surface area contributed by atoms with Gasteiger partial charge in [-0.15, -0.1) is 0 Å². The standard InChI is InChI=1S/C22H37NO3/c1-7-8-9-10-11-12-15-26-20-14-13-18(16-19(20)23(24)25)22(5,6)17-21(2,3)4/h13-14,16H,7-12,15,17H2,1-6H3. The first kappa shape index (κ1) is 22.5. The van der Waals surface area contributed by atoms with Crippen molar-refractivity contribution >= 4 is 5.69 Å². The van der Waals surface area contributed by atoms with E-state index in [0.717, 1.165) is 24.8 Å². The molecular weight excluding hydrogens is 326 g/mol. The van der Waals surface area contributed by atoms with Gasteiger partial charge in [0.2, 0.25) is 0 Å². The van der Waals surface area contributed by atoms with E-state index in [1.54, 1.807) is 12.1 Å². The molecule has 0 saturated heterocycles. The molecule has 4 heteroatoms. The molecule has 0 aliphatic heterocycles. The number of unbranched alkanes of at least 4 members (excludes halogenated alkanes) is 5. The van der Waals surface area contributed by atoms with Crippen LogP contribution in [0.25, 0.3) is 0 Å². The maximum Gasteiger partial charge on any atom is 0.311 e. The smallest absolute Gasteiger partial charge is 0.311 e. The Balaban J connectivity index is 2.75. The lowest BCUT2D eigenvalue weighted by atomic mass is 9.72. The highest BCUT2D eigenvalue weighted by molar-refractivity contribution is 5.50. The quantitative estimate of drug-likeness (QED) is 0.240.